The van der Waals surface area contributed by atoms with Crippen molar-refractivity contribution in [1.29, 1.82) is 0 Å². The van der Waals surface area contributed by atoms with Gasteiger partial charge in [0, 0.05) is 16.9 Å². The zero-order valence-electron chi connectivity index (χ0n) is 18.2. The molecule has 1 aromatic heterocycles. The molecule has 0 aliphatic carbocycles. The van der Waals surface area contributed by atoms with Crippen LogP contribution in [0.2, 0.25) is 0 Å². The molecule has 5 heteroatoms. The Balaban J connectivity index is 1.48. The number of rotatable bonds is 5. The van der Waals surface area contributed by atoms with E-state index in [1.165, 1.54) is 11.1 Å². The summed E-state index contributed by atoms with van der Waals surface area (Å²) >= 11 is 1.59. The van der Waals surface area contributed by atoms with Crippen molar-refractivity contribution in [3.05, 3.63) is 96.1 Å². The van der Waals surface area contributed by atoms with Gasteiger partial charge in [-0.25, -0.2) is 4.98 Å². The van der Waals surface area contributed by atoms with Gasteiger partial charge < -0.3 is 0 Å². The molecular weight excluding hydrogens is 412 g/mol. The molecule has 0 saturated heterocycles. The first-order valence-electron chi connectivity index (χ1n) is 10.7. The van der Waals surface area contributed by atoms with Crippen LogP contribution >= 0.6 is 11.8 Å². The Labute approximate surface area is 192 Å². The molecule has 0 atom stereocenters. The molecule has 0 saturated carbocycles. The van der Waals surface area contributed by atoms with Crippen LogP contribution < -0.4 is 0 Å². The average molecular weight is 437 g/mol. The summed E-state index contributed by atoms with van der Waals surface area (Å²) in [6.07, 6.45) is 0.958. The molecular formula is C27H24N4S. The topological polar surface area (TPSA) is 51.0 Å². The number of aliphatic imine (C=N–C) groups is 1. The predicted molar refractivity (Wildman–Crippen MR) is 132 cm³/mol. The summed E-state index contributed by atoms with van der Waals surface area (Å²) in [4.78, 5) is 9.97. The fourth-order valence-corrected chi connectivity index (χ4v) is 4.83. The number of thioether (sulfide) groups is 1. The average Bonchev–Trinajstić information content (AvgIpc) is 2.83. The minimum Gasteiger partial charge on any atom is -0.282 e. The lowest BCUT2D eigenvalue weighted by atomic mass is 9.87. The summed E-state index contributed by atoms with van der Waals surface area (Å²) in [5.41, 5.74) is 7.26. The minimum atomic E-state index is -0.101. The molecule has 0 unspecified atom stereocenters. The second-order valence-corrected chi connectivity index (χ2v) is 9.46. The summed E-state index contributed by atoms with van der Waals surface area (Å²) in [5.74, 6) is 0.709. The lowest BCUT2D eigenvalue weighted by molar-refractivity contribution is 0.513. The van der Waals surface area contributed by atoms with Crippen molar-refractivity contribution >= 4 is 17.5 Å². The van der Waals surface area contributed by atoms with Gasteiger partial charge in [-0.2, -0.15) is 0 Å². The van der Waals surface area contributed by atoms with Crippen molar-refractivity contribution in [3.63, 3.8) is 0 Å². The quantitative estimate of drug-likeness (QED) is 0.354. The van der Waals surface area contributed by atoms with Crippen LogP contribution in [0.15, 0.2) is 95.1 Å². The maximum Gasteiger partial charge on any atom is 0.210 e. The number of fused-ring (bicyclic) bond motifs is 1. The van der Waals surface area contributed by atoms with Crippen LogP contribution in [-0.4, -0.2) is 32.2 Å². The number of hydrogen-bond acceptors (Lipinski definition) is 5. The molecule has 0 radical (unpaired) electrons. The van der Waals surface area contributed by atoms with Crippen LogP contribution in [0.3, 0.4) is 0 Å². The van der Waals surface area contributed by atoms with Gasteiger partial charge in [0.2, 0.25) is 5.16 Å². The Bertz CT molecular complexity index is 1270. The minimum absolute atomic E-state index is 0.101. The predicted octanol–water partition coefficient (Wildman–Crippen LogP) is 6.12. The van der Waals surface area contributed by atoms with Gasteiger partial charge in [0.15, 0.2) is 0 Å². The molecule has 0 spiro atoms. The van der Waals surface area contributed by atoms with E-state index in [0.717, 1.165) is 34.6 Å². The zero-order valence-corrected chi connectivity index (χ0v) is 19.0. The molecule has 1 aliphatic rings. The van der Waals surface area contributed by atoms with Gasteiger partial charge in [-0.05, 0) is 31.4 Å². The fraction of sp³-hybridized carbons (Fsp3) is 0.185. The third-order valence-electron chi connectivity index (χ3n) is 5.49. The van der Waals surface area contributed by atoms with Crippen LogP contribution in [-0.2, 0) is 6.42 Å². The highest BCUT2D eigenvalue weighted by Crippen LogP contribution is 2.31. The van der Waals surface area contributed by atoms with Crippen LogP contribution in [0.25, 0.3) is 22.5 Å². The Morgan fingerprint density at radius 1 is 0.750 bits per heavy atom. The monoisotopic (exact) mass is 436 g/mol. The van der Waals surface area contributed by atoms with Gasteiger partial charge in [0.05, 0.1) is 11.3 Å². The van der Waals surface area contributed by atoms with E-state index in [4.69, 9.17) is 9.98 Å². The molecule has 0 N–H and O–H groups in total. The van der Waals surface area contributed by atoms with Crippen molar-refractivity contribution in [1.82, 2.24) is 15.2 Å². The van der Waals surface area contributed by atoms with Crippen molar-refractivity contribution < 1.29 is 0 Å². The van der Waals surface area contributed by atoms with Crippen LogP contribution in [0, 0.1) is 0 Å². The molecule has 4 aromatic rings. The molecule has 1 aliphatic heterocycles. The highest BCUT2D eigenvalue weighted by molar-refractivity contribution is 7.99. The molecule has 0 amide bonds. The van der Waals surface area contributed by atoms with Gasteiger partial charge in [-0.15, -0.1) is 10.2 Å². The van der Waals surface area contributed by atoms with Gasteiger partial charge >= 0.3 is 0 Å². The Morgan fingerprint density at radius 3 is 2.09 bits per heavy atom. The van der Waals surface area contributed by atoms with E-state index < -0.39 is 0 Å². The van der Waals surface area contributed by atoms with Crippen LogP contribution in [0.5, 0.6) is 0 Å². The molecule has 0 bridgehead atoms. The molecule has 0 fully saturated rings. The lowest BCUT2D eigenvalue weighted by Crippen LogP contribution is -2.29. The Kier molecular flexibility index (Phi) is 5.58. The maximum absolute atomic E-state index is 5.04. The van der Waals surface area contributed by atoms with Crippen LogP contribution in [0.4, 0.5) is 0 Å². The van der Waals surface area contributed by atoms with E-state index in [2.05, 4.69) is 60.4 Å². The highest BCUT2D eigenvalue weighted by atomic mass is 32.2. The number of aromatic nitrogens is 3. The number of nitrogens with zero attached hydrogens (tertiary/aromatic N) is 4. The van der Waals surface area contributed by atoms with Gasteiger partial charge in [-0.3, -0.25) is 4.99 Å². The largest absolute Gasteiger partial charge is 0.282 e. The van der Waals surface area contributed by atoms with E-state index in [1.54, 1.807) is 11.8 Å². The second kappa shape index (κ2) is 8.67. The van der Waals surface area contributed by atoms with E-state index >= 15 is 0 Å². The SMILES string of the molecule is CC1(C)Cc2ccccc2C(CSc2nnc(-c3ccccc3)c(-c3ccccc3)n2)=N1. The van der Waals surface area contributed by atoms with E-state index in [0.29, 0.717) is 10.9 Å². The summed E-state index contributed by atoms with van der Waals surface area (Å²) in [5, 5.41) is 9.71. The van der Waals surface area contributed by atoms with Crippen molar-refractivity contribution in [3.8, 4) is 22.5 Å². The molecule has 5 rings (SSSR count). The van der Waals surface area contributed by atoms with E-state index in [1.807, 2.05) is 48.5 Å². The van der Waals surface area contributed by atoms with Crippen molar-refractivity contribution in [2.75, 3.05) is 5.75 Å². The third-order valence-corrected chi connectivity index (χ3v) is 6.34. The summed E-state index contributed by atoms with van der Waals surface area (Å²) in [6.45, 7) is 4.38. The molecule has 3 aromatic carbocycles. The summed E-state index contributed by atoms with van der Waals surface area (Å²) < 4.78 is 0. The van der Waals surface area contributed by atoms with E-state index in [9.17, 15) is 0 Å². The molecule has 2 heterocycles. The molecule has 4 nitrogen and oxygen atoms in total. The molecule has 32 heavy (non-hydrogen) atoms. The molecule has 158 valence electrons. The fourth-order valence-electron chi connectivity index (χ4n) is 4.09. The van der Waals surface area contributed by atoms with Crippen LogP contribution in [0.1, 0.15) is 25.0 Å². The van der Waals surface area contributed by atoms with Crippen molar-refractivity contribution in [2.45, 2.75) is 31.0 Å². The third kappa shape index (κ3) is 4.34. The summed E-state index contributed by atoms with van der Waals surface area (Å²) in [6, 6.07) is 28.8. The number of benzene rings is 3. The van der Waals surface area contributed by atoms with E-state index in [-0.39, 0.29) is 5.54 Å². The smallest absolute Gasteiger partial charge is 0.210 e. The first-order valence-corrected chi connectivity index (χ1v) is 11.7. The lowest BCUT2D eigenvalue weighted by Gasteiger charge is -2.28. The number of hydrogen-bond donors (Lipinski definition) is 0. The zero-order chi connectivity index (χ0) is 22.0. The summed E-state index contributed by atoms with van der Waals surface area (Å²) in [7, 11) is 0. The van der Waals surface area contributed by atoms with Gasteiger partial charge in [0.1, 0.15) is 11.4 Å². The van der Waals surface area contributed by atoms with Gasteiger partial charge in [0.25, 0.3) is 0 Å². The Hall–Kier alpha value is -3.31. The highest BCUT2D eigenvalue weighted by Gasteiger charge is 2.26. The normalized spacial score (nSPS) is 14.5. The Morgan fingerprint density at radius 2 is 1.38 bits per heavy atom. The maximum atomic E-state index is 5.04. The first kappa shape index (κ1) is 20.6. The standard InChI is InChI=1S/C27H24N4S/c1-27(2)17-21-15-9-10-16-22(21)23(29-27)18-32-26-28-24(19-11-5-3-6-12-19)25(30-31-26)20-13-7-4-8-14-20/h3-16H,17-18H2,1-2H3. The van der Waals surface area contributed by atoms with Crippen molar-refractivity contribution in [2.24, 2.45) is 4.99 Å². The first-order chi connectivity index (χ1) is 15.6. The second-order valence-electron chi connectivity index (χ2n) is 8.52. The van der Waals surface area contributed by atoms with Gasteiger partial charge in [-0.1, -0.05) is 96.7 Å².